The fraction of sp³-hybridized carbons (Fsp3) is 0.333. The number of aromatic nitrogens is 3. The zero-order valence-corrected chi connectivity index (χ0v) is 8.36. The molecule has 2 rings (SSSR count). The number of fused-ring (bicyclic) bond motifs is 1. The molecule has 0 aliphatic carbocycles. The lowest BCUT2D eigenvalue weighted by molar-refractivity contribution is -0.137. The fourth-order valence-electron chi connectivity index (χ4n) is 1.39. The maximum Gasteiger partial charge on any atom is 0.417 e. The second-order valence-electron chi connectivity index (χ2n) is 3.49. The summed E-state index contributed by atoms with van der Waals surface area (Å²) >= 11 is 0. The highest BCUT2D eigenvalue weighted by Crippen LogP contribution is 2.29. The molecule has 0 aliphatic rings. The predicted octanol–water partition coefficient (Wildman–Crippen LogP) is 1.77. The maximum absolute atomic E-state index is 12.5. The van der Waals surface area contributed by atoms with Gasteiger partial charge in [-0.2, -0.15) is 13.2 Å². The van der Waals surface area contributed by atoms with Crippen molar-refractivity contribution < 1.29 is 13.2 Å². The van der Waals surface area contributed by atoms with Gasteiger partial charge >= 0.3 is 6.18 Å². The van der Waals surface area contributed by atoms with Gasteiger partial charge in [-0.25, -0.2) is 0 Å². The monoisotopic (exact) mass is 230 g/mol. The molecule has 0 radical (unpaired) electrons. The van der Waals surface area contributed by atoms with Crippen LogP contribution in [-0.4, -0.2) is 14.6 Å². The van der Waals surface area contributed by atoms with Crippen LogP contribution < -0.4 is 5.73 Å². The molecule has 0 aromatic carbocycles. The van der Waals surface area contributed by atoms with Gasteiger partial charge in [0.25, 0.3) is 0 Å². The molecule has 2 aromatic heterocycles. The first-order valence-electron chi connectivity index (χ1n) is 4.57. The second-order valence-corrected chi connectivity index (χ2v) is 3.49. The standard InChI is InChI=1S/C9H9F3N4/c1-5(13)8-15-14-7-3-2-6(4-16(7)8)9(10,11)12/h2-5H,13H2,1H3. The van der Waals surface area contributed by atoms with Crippen LogP contribution in [0, 0.1) is 0 Å². The van der Waals surface area contributed by atoms with Crippen molar-refractivity contribution in [3.63, 3.8) is 0 Å². The summed E-state index contributed by atoms with van der Waals surface area (Å²) in [4.78, 5) is 0. The van der Waals surface area contributed by atoms with Crippen molar-refractivity contribution in [3.05, 3.63) is 29.7 Å². The summed E-state index contributed by atoms with van der Waals surface area (Å²) in [5.74, 6) is 0.307. The van der Waals surface area contributed by atoms with Crippen molar-refractivity contribution in [2.75, 3.05) is 0 Å². The van der Waals surface area contributed by atoms with E-state index in [1.807, 2.05) is 0 Å². The van der Waals surface area contributed by atoms with E-state index in [0.29, 0.717) is 11.5 Å². The van der Waals surface area contributed by atoms with Crippen molar-refractivity contribution in [1.82, 2.24) is 14.6 Å². The molecule has 0 fully saturated rings. The van der Waals surface area contributed by atoms with Gasteiger partial charge in [0.15, 0.2) is 11.5 Å². The summed E-state index contributed by atoms with van der Waals surface area (Å²) in [7, 11) is 0. The molecule has 4 nitrogen and oxygen atoms in total. The quantitative estimate of drug-likeness (QED) is 0.812. The number of halogens is 3. The molecule has 0 bridgehead atoms. The van der Waals surface area contributed by atoms with Gasteiger partial charge in [-0.3, -0.25) is 4.40 Å². The van der Waals surface area contributed by atoms with E-state index < -0.39 is 17.8 Å². The lowest BCUT2D eigenvalue weighted by Gasteiger charge is -2.08. The molecule has 0 spiro atoms. The van der Waals surface area contributed by atoms with Crippen LogP contribution in [0.15, 0.2) is 18.3 Å². The number of nitrogens with two attached hydrogens (primary N) is 1. The minimum Gasteiger partial charge on any atom is -0.322 e. The van der Waals surface area contributed by atoms with E-state index in [9.17, 15) is 13.2 Å². The van der Waals surface area contributed by atoms with Gasteiger partial charge in [0.1, 0.15) is 0 Å². The normalized spacial score (nSPS) is 14.3. The molecule has 0 aliphatic heterocycles. The first kappa shape index (κ1) is 10.9. The van der Waals surface area contributed by atoms with Gasteiger partial charge < -0.3 is 5.73 Å². The van der Waals surface area contributed by atoms with Crippen LogP contribution in [0.4, 0.5) is 13.2 Å². The summed E-state index contributed by atoms with van der Waals surface area (Å²) in [6, 6.07) is 1.76. The Morgan fingerprint density at radius 1 is 1.31 bits per heavy atom. The van der Waals surface area contributed by atoms with E-state index in [1.165, 1.54) is 10.5 Å². The molecule has 16 heavy (non-hydrogen) atoms. The number of pyridine rings is 1. The number of hydrogen-bond donors (Lipinski definition) is 1. The minimum atomic E-state index is -4.38. The molecule has 0 amide bonds. The molecule has 2 heterocycles. The van der Waals surface area contributed by atoms with Gasteiger partial charge in [-0.1, -0.05) is 0 Å². The second kappa shape index (κ2) is 3.44. The summed E-state index contributed by atoms with van der Waals surface area (Å²) in [6.45, 7) is 1.64. The molecule has 1 unspecified atom stereocenters. The number of nitrogens with zero attached hydrogens (tertiary/aromatic N) is 3. The van der Waals surface area contributed by atoms with Crippen LogP contribution in [0.3, 0.4) is 0 Å². The largest absolute Gasteiger partial charge is 0.417 e. The Labute approximate surface area is 88.9 Å². The zero-order chi connectivity index (χ0) is 11.9. The van der Waals surface area contributed by atoms with Gasteiger partial charge in [0.2, 0.25) is 0 Å². The van der Waals surface area contributed by atoms with E-state index in [4.69, 9.17) is 5.73 Å². The van der Waals surface area contributed by atoms with Crippen LogP contribution in [-0.2, 0) is 6.18 Å². The van der Waals surface area contributed by atoms with Gasteiger partial charge in [0, 0.05) is 6.20 Å². The first-order valence-corrected chi connectivity index (χ1v) is 4.57. The van der Waals surface area contributed by atoms with Crippen molar-refractivity contribution in [1.29, 1.82) is 0 Å². The average molecular weight is 230 g/mol. The number of rotatable bonds is 1. The highest BCUT2D eigenvalue weighted by atomic mass is 19.4. The zero-order valence-electron chi connectivity index (χ0n) is 8.36. The fourth-order valence-corrected chi connectivity index (χ4v) is 1.39. The number of alkyl halides is 3. The first-order chi connectivity index (χ1) is 7.39. The minimum absolute atomic E-state index is 0.307. The Morgan fingerprint density at radius 3 is 2.56 bits per heavy atom. The average Bonchev–Trinajstić information content (AvgIpc) is 2.58. The van der Waals surface area contributed by atoms with Crippen LogP contribution in [0.2, 0.25) is 0 Å². The van der Waals surface area contributed by atoms with E-state index in [-0.39, 0.29) is 0 Å². The van der Waals surface area contributed by atoms with Crippen LogP contribution >= 0.6 is 0 Å². The molecule has 86 valence electrons. The Balaban J connectivity index is 2.63. The van der Waals surface area contributed by atoms with E-state index in [1.54, 1.807) is 6.92 Å². The predicted molar refractivity (Wildman–Crippen MR) is 50.6 cm³/mol. The third kappa shape index (κ3) is 1.73. The third-order valence-corrected chi connectivity index (χ3v) is 2.16. The summed E-state index contributed by atoms with van der Waals surface area (Å²) < 4.78 is 38.7. The lowest BCUT2D eigenvalue weighted by Crippen LogP contribution is -2.11. The summed E-state index contributed by atoms with van der Waals surface area (Å²) in [6.07, 6.45) is -3.43. The van der Waals surface area contributed by atoms with Gasteiger partial charge in [-0.05, 0) is 19.1 Å². The Morgan fingerprint density at radius 2 is 2.00 bits per heavy atom. The molecule has 2 aromatic rings. The van der Waals surface area contributed by atoms with Crippen molar-refractivity contribution in [2.45, 2.75) is 19.1 Å². The third-order valence-electron chi connectivity index (χ3n) is 2.16. The summed E-state index contributed by atoms with van der Waals surface area (Å²) in [5, 5.41) is 7.47. The van der Waals surface area contributed by atoms with Crippen molar-refractivity contribution in [2.24, 2.45) is 5.73 Å². The van der Waals surface area contributed by atoms with E-state index in [2.05, 4.69) is 10.2 Å². The van der Waals surface area contributed by atoms with Crippen LogP contribution in [0.5, 0.6) is 0 Å². The smallest absolute Gasteiger partial charge is 0.322 e. The number of hydrogen-bond acceptors (Lipinski definition) is 3. The molecular formula is C9H9F3N4. The maximum atomic E-state index is 12.5. The van der Waals surface area contributed by atoms with Crippen molar-refractivity contribution in [3.8, 4) is 0 Å². The van der Waals surface area contributed by atoms with Crippen LogP contribution in [0.1, 0.15) is 24.4 Å². The molecule has 7 heteroatoms. The molecule has 0 saturated carbocycles. The Kier molecular flexibility index (Phi) is 2.34. The van der Waals surface area contributed by atoms with E-state index in [0.717, 1.165) is 12.3 Å². The van der Waals surface area contributed by atoms with Gasteiger partial charge in [-0.15, -0.1) is 10.2 Å². The summed E-state index contributed by atoms with van der Waals surface area (Å²) in [5.41, 5.74) is 5.18. The molecule has 0 saturated heterocycles. The molecule has 1 atom stereocenters. The Hall–Kier alpha value is -1.63. The SMILES string of the molecule is CC(N)c1nnc2ccc(C(F)(F)F)cn12. The van der Waals surface area contributed by atoms with E-state index >= 15 is 0 Å². The lowest BCUT2D eigenvalue weighted by atomic mass is 10.2. The van der Waals surface area contributed by atoms with Gasteiger partial charge in [0.05, 0.1) is 11.6 Å². The highest BCUT2D eigenvalue weighted by molar-refractivity contribution is 5.40. The topological polar surface area (TPSA) is 56.2 Å². The highest BCUT2D eigenvalue weighted by Gasteiger charge is 2.31. The molecule has 2 N–H and O–H groups in total. The van der Waals surface area contributed by atoms with Crippen LogP contribution in [0.25, 0.3) is 5.65 Å². The molecular weight excluding hydrogens is 221 g/mol. The Bertz CT molecular complexity index is 515. The van der Waals surface area contributed by atoms with Crippen molar-refractivity contribution >= 4 is 5.65 Å².